The largest absolute Gasteiger partial charge is 0.448 e. The maximum atomic E-state index is 13.0. The van der Waals surface area contributed by atoms with Crippen LogP contribution in [0, 0.1) is 5.92 Å². The van der Waals surface area contributed by atoms with Gasteiger partial charge in [0.05, 0.1) is 0 Å². The van der Waals surface area contributed by atoms with Crippen LogP contribution < -0.4 is 0 Å². The second-order valence-electron chi connectivity index (χ2n) is 3.26. The molecule has 0 heterocycles. The molecule has 0 aromatic rings. The molecule has 0 saturated carbocycles. The van der Waals surface area contributed by atoms with Gasteiger partial charge in [0.2, 0.25) is 0 Å². The normalized spacial score (nSPS) is 17.2. The zero-order valence-electron chi connectivity index (χ0n) is 8.37. The number of alkyl halides is 4. The van der Waals surface area contributed by atoms with Crippen LogP contribution in [-0.4, -0.2) is 17.1 Å². The summed E-state index contributed by atoms with van der Waals surface area (Å²) in [5, 5.41) is 8.60. The molecular formula is C9H9F7O. The Kier molecular flexibility index (Phi) is 5.18. The monoisotopic (exact) mass is 266 g/mol. The van der Waals surface area contributed by atoms with Gasteiger partial charge >= 0.3 is 18.1 Å². The van der Waals surface area contributed by atoms with E-state index < -0.39 is 42.7 Å². The summed E-state index contributed by atoms with van der Waals surface area (Å²) in [6, 6.07) is 0. The van der Waals surface area contributed by atoms with Crippen molar-refractivity contribution in [2.24, 2.45) is 5.92 Å². The van der Waals surface area contributed by atoms with Crippen LogP contribution in [0.1, 0.15) is 12.8 Å². The molecule has 0 saturated heterocycles. The zero-order chi connectivity index (χ0) is 13.9. The minimum Gasteiger partial charge on any atom is -0.355 e. The maximum Gasteiger partial charge on any atom is 0.448 e. The Labute approximate surface area is 92.2 Å². The summed E-state index contributed by atoms with van der Waals surface area (Å²) in [7, 11) is 0. The Hall–Kier alpha value is -1.05. The highest BCUT2D eigenvalue weighted by Crippen LogP contribution is 2.42. The van der Waals surface area contributed by atoms with Crippen LogP contribution in [0.15, 0.2) is 24.6 Å². The van der Waals surface area contributed by atoms with E-state index in [1.807, 2.05) is 0 Å². The fraction of sp³-hybridized carbons (Fsp3) is 0.556. The summed E-state index contributed by atoms with van der Waals surface area (Å²) in [5.41, 5.74) is 0. The molecule has 8 heteroatoms. The summed E-state index contributed by atoms with van der Waals surface area (Å²) in [4.78, 5) is 0. The van der Waals surface area contributed by atoms with Gasteiger partial charge in [-0.15, -0.1) is 6.58 Å². The molecule has 0 aliphatic carbocycles. The van der Waals surface area contributed by atoms with Crippen molar-refractivity contribution in [3.05, 3.63) is 24.6 Å². The quantitative estimate of drug-likeness (QED) is 0.591. The van der Waals surface area contributed by atoms with Crippen molar-refractivity contribution in [2.75, 3.05) is 0 Å². The molecule has 100 valence electrons. The predicted octanol–water partition coefficient (Wildman–Crippen LogP) is 3.87. The van der Waals surface area contributed by atoms with E-state index in [0.29, 0.717) is 0 Å². The van der Waals surface area contributed by atoms with E-state index in [0.717, 1.165) is 6.08 Å². The van der Waals surface area contributed by atoms with Crippen molar-refractivity contribution in [1.82, 2.24) is 0 Å². The first-order chi connectivity index (χ1) is 7.54. The molecule has 0 aliphatic heterocycles. The maximum absolute atomic E-state index is 13.0. The fourth-order valence-electron chi connectivity index (χ4n) is 1.10. The first-order valence-corrected chi connectivity index (χ1v) is 4.32. The first kappa shape index (κ1) is 16.0. The molecule has 0 aliphatic rings. The number of allylic oxidation sites excluding steroid dienone is 2. The summed E-state index contributed by atoms with van der Waals surface area (Å²) in [5.74, 6) is -9.37. The van der Waals surface area contributed by atoms with Gasteiger partial charge < -0.3 is 5.11 Å². The third kappa shape index (κ3) is 4.03. The minimum absolute atomic E-state index is 0.768. The molecule has 2 atom stereocenters. The van der Waals surface area contributed by atoms with E-state index in [-0.39, 0.29) is 0 Å². The fourth-order valence-corrected chi connectivity index (χ4v) is 1.10. The molecule has 2 unspecified atom stereocenters. The first-order valence-electron chi connectivity index (χ1n) is 4.32. The second-order valence-corrected chi connectivity index (χ2v) is 3.26. The SMILES string of the molecule is C=CCC(CC(F)=C(F)F)C(O)(F)C(F)(F)F. The summed E-state index contributed by atoms with van der Waals surface area (Å²) >= 11 is 0. The van der Waals surface area contributed by atoms with E-state index in [9.17, 15) is 30.7 Å². The summed E-state index contributed by atoms with van der Waals surface area (Å²) in [6.07, 6.45) is -10.2. The molecule has 0 radical (unpaired) electrons. The molecule has 0 rings (SSSR count). The van der Waals surface area contributed by atoms with Crippen LogP contribution in [0.3, 0.4) is 0 Å². The van der Waals surface area contributed by atoms with Crippen LogP contribution in [-0.2, 0) is 0 Å². The van der Waals surface area contributed by atoms with Crippen molar-refractivity contribution in [2.45, 2.75) is 24.9 Å². The molecule has 17 heavy (non-hydrogen) atoms. The molecule has 0 fully saturated rings. The average Bonchev–Trinajstić information content (AvgIpc) is 2.14. The molecule has 0 amide bonds. The van der Waals surface area contributed by atoms with Gasteiger partial charge in [-0.05, 0) is 6.42 Å². The predicted molar refractivity (Wildman–Crippen MR) is 45.4 cm³/mol. The van der Waals surface area contributed by atoms with E-state index in [2.05, 4.69) is 6.58 Å². The van der Waals surface area contributed by atoms with Gasteiger partial charge in [-0.25, -0.2) is 8.78 Å². The molecule has 0 bridgehead atoms. The number of hydrogen-bond acceptors (Lipinski definition) is 1. The molecular weight excluding hydrogens is 257 g/mol. The smallest absolute Gasteiger partial charge is 0.355 e. The third-order valence-electron chi connectivity index (χ3n) is 2.02. The van der Waals surface area contributed by atoms with Gasteiger partial charge in [0.25, 0.3) is 0 Å². The topological polar surface area (TPSA) is 20.2 Å². The van der Waals surface area contributed by atoms with Gasteiger partial charge in [-0.2, -0.15) is 22.0 Å². The summed E-state index contributed by atoms with van der Waals surface area (Å²) < 4.78 is 85.1. The van der Waals surface area contributed by atoms with Crippen LogP contribution >= 0.6 is 0 Å². The number of halogens is 7. The lowest BCUT2D eigenvalue weighted by molar-refractivity contribution is -0.336. The highest BCUT2D eigenvalue weighted by Gasteiger charge is 2.59. The van der Waals surface area contributed by atoms with Gasteiger partial charge in [0.15, 0.2) is 5.83 Å². The van der Waals surface area contributed by atoms with E-state index >= 15 is 0 Å². The Morgan fingerprint density at radius 3 is 1.94 bits per heavy atom. The van der Waals surface area contributed by atoms with Crippen molar-refractivity contribution >= 4 is 0 Å². The molecule has 0 aromatic carbocycles. The van der Waals surface area contributed by atoms with Crippen LogP contribution in [0.25, 0.3) is 0 Å². The van der Waals surface area contributed by atoms with Crippen LogP contribution in [0.5, 0.6) is 0 Å². The highest BCUT2D eigenvalue weighted by atomic mass is 19.4. The van der Waals surface area contributed by atoms with E-state index in [4.69, 9.17) is 5.11 Å². The lowest BCUT2D eigenvalue weighted by Crippen LogP contribution is -2.47. The third-order valence-corrected chi connectivity index (χ3v) is 2.02. The number of rotatable bonds is 5. The van der Waals surface area contributed by atoms with E-state index in [1.54, 1.807) is 0 Å². The Balaban J connectivity index is 5.11. The van der Waals surface area contributed by atoms with E-state index in [1.165, 1.54) is 0 Å². The molecule has 1 N–H and O–H groups in total. The Morgan fingerprint density at radius 2 is 1.65 bits per heavy atom. The van der Waals surface area contributed by atoms with Gasteiger partial charge in [-0.1, -0.05) is 6.08 Å². The van der Waals surface area contributed by atoms with Crippen LogP contribution in [0.2, 0.25) is 0 Å². The Morgan fingerprint density at radius 1 is 1.18 bits per heavy atom. The van der Waals surface area contributed by atoms with Crippen molar-refractivity contribution in [3.8, 4) is 0 Å². The van der Waals surface area contributed by atoms with Crippen molar-refractivity contribution in [3.63, 3.8) is 0 Å². The highest BCUT2D eigenvalue weighted by molar-refractivity contribution is 4.99. The standard InChI is InChI=1S/C9H9F7O/c1-2-3-5(4-6(10)7(11)12)8(13,17)9(14,15)16/h2,5,17H,1,3-4H2. The van der Waals surface area contributed by atoms with Gasteiger partial charge in [0, 0.05) is 12.3 Å². The average molecular weight is 266 g/mol. The molecule has 0 spiro atoms. The lowest BCUT2D eigenvalue weighted by atomic mass is 9.92. The van der Waals surface area contributed by atoms with Crippen molar-refractivity contribution < 1.29 is 35.8 Å². The zero-order valence-corrected chi connectivity index (χ0v) is 8.37. The van der Waals surface area contributed by atoms with Gasteiger partial charge in [0.1, 0.15) is 0 Å². The van der Waals surface area contributed by atoms with Crippen LogP contribution in [0.4, 0.5) is 30.7 Å². The lowest BCUT2D eigenvalue weighted by Gasteiger charge is -2.29. The molecule has 0 aromatic heterocycles. The second kappa shape index (κ2) is 5.52. The Bertz CT molecular complexity index is 301. The minimum atomic E-state index is -5.70. The van der Waals surface area contributed by atoms with Gasteiger partial charge in [-0.3, -0.25) is 0 Å². The summed E-state index contributed by atoms with van der Waals surface area (Å²) in [6.45, 7) is 2.98. The van der Waals surface area contributed by atoms with Crippen molar-refractivity contribution in [1.29, 1.82) is 0 Å². The number of hydrogen-bond donors (Lipinski definition) is 1. The number of aliphatic hydroxyl groups is 1. The molecule has 1 nitrogen and oxygen atoms in total.